The number of aromatic nitrogens is 2. The fourth-order valence-corrected chi connectivity index (χ4v) is 2.00. The van der Waals surface area contributed by atoms with Gasteiger partial charge in [-0.05, 0) is 24.5 Å². The number of benzene rings is 1. The Bertz CT molecular complexity index is 543. The molecule has 1 aromatic heterocycles. The summed E-state index contributed by atoms with van der Waals surface area (Å²) >= 11 is 0. The second-order valence-electron chi connectivity index (χ2n) is 4.60. The molecule has 0 fully saturated rings. The number of aryl methyl sites for hydroxylation is 3. The predicted molar refractivity (Wildman–Crippen MR) is 71.4 cm³/mol. The van der Waals surface area contributed by atoms with E-state index in [0.717, 1.165) is 12.2 Å². The zero-order valence-electron chi connectivity index (χ0n) is 10.9. The zero-order valence-corrected chi connectivity index (χ0v) is 10.9. The summed E-state index contributed by atoms with van der Waals surface area (Å²) in [4.78, 5) is 16.1. The number of rotatable bonds is 5. The van der Waals surface area contributed by atoms with Gasteiger partial charge in [-0.1, -0.05) is 24.3 Å². The molecule has 18 heavy (non-hydrogen) atoms. The van der Waals surface area contributed by atoms with Crippen molar-refractivity contribution in [1.82, 2.24) is 9.55 Å². The molecule has 0 radical (unpaired) electrons. The third kappa shape index (κ3) is 3.06. The summed E-state index contributed by atoms with van der Waals surface area (Å²) in [5, 5.41) is 0. The quantitative estimate of drug-likeness (QED) is 0.807. The predicted octanol–water partition coefficient (Wildman–Crippen LogP) is 2.47. The minimum Gasteiger partial charge on any atom is -0.338 e. The van der Waals surface area contributed by atoms with Gasteiger partial charge in [0.1, 0.15) is 11.6 Å². The van der Waals surface area contributed by atoms with Crippen LogP contribution in [-0.2, 0) is 24.7 Å². The lowest BCUT2D eigenvalue weighted by Gasteiger charge is -2.05. The molecule has 0 aliphatic rings. The molecule has 0 saturated carbocycles. The molecule has 0 saturated heterocycles. The second-order valence-corrected chi connectivity index (χ2v) is 4.60. The van der Waals surface area contributed by atoms with E-state index >= 15 is 0 Å². The third-order valence-electron chi connectivity index (χ3n) is 3.21. The van der Waals surface area contributed by atoms with Crippen molar-refractivity contribution in [3.8, 4) is 0 Å². The van der Waals surface area contributed by atoms with E-state index in [0.29, 0.717) is 12.8 Å². The van der Waals surface area contributed by atoms with E-state index in [9.17, 15) is 4.79 Å². The molecule has 0 bridgehead atoms. The van der Waals surface area contributed by atoms with Crippen LogP contribution in [0, 0.1) is 6.92 Å². The van der Waals surface area contributed by atoms with E-state index in [4.69, 9.17) is 0 Å². The van der Waals surface area contributed by atoms with Gasteiger partial charge in [0.2, 0.25) is 0 Å². The molecule has 2 aromatic rings. The van der Waals surface area contributed by atoms with Gasteiger partial charge >= 0.3 is 0 Å². The first kappa shape index (κ1) is 12.6. The summed E-state index contributed by atoms with van der Waals surface area (Å²) in [7, 11) is 1.91. The molecule has 1 aromatic carbocycles. The van der Waals surface area contributed by atoms with Crippen LogP contribution >= 0.6 is 0 Å². The Hall–Kier alpha value is -1.90. The maximum Gasteiger partial charge on any atom is 0.140 e. The van der Waals surface area contributed by atoms with Gasteiger partial charge in [-0.25, -0.2) is 4.98 Å². The minimum absolute atomic E-state index is 0.243. The first-order chi connectivity index (χ1) is 8.66. The van der Waals surface area contributed by atoms with Gasteiger partial charge in [0, 0.05) is 25.9 Å². The molecule has 0 aliphatic heterocycles. The van der Waals surface area contributed by atoms with Gasteiger partial charge in [-0.2, -0.15) is 0 Å². The van der Waals surface area contributed by atoms with E-state index in [1.54, 1.807) is 6.20 Å². The molecule has 0 aliphatic carbocycles. The molecule has 0 unspecified atom stereocenters. The third-order valence-corrected chi connectivity index (χ3v) is 3.21. The van der Waals surface area contributed by atoms with Crippen LogP contribution in [0.1, 0.15) is 23.4 Å². The molecule has 0 spiro atoms. The molecule has 0 N–H and O–H groups in total. The maximum atomic E-state index is 11.9. The topological polar surface area (TPSA) is 34.9 Å². The van der Waals surface area contributed by atoms with Crippen molar-refractivity contribution in [2.24, 2.45) is 7.05 Å². The Morgan fingerprint density at radius 2 is 2.11 bits per heavy atom. The monoisotopic (exact) mass is 242 g/mol. The first-order valence-electron chi connectivity index (χ1n) is 6.19. The number of Topliss-reactive ketones (excluding diaryl/α,β-unsaturated/α-hetero) is 1. The van der Waals surface area contributed by atoms with Crippen LogP contribution in [0.25, 0.3) is 0 Å². The highest BCUT2D eigenvalue weighted by atomic mass is 16.1. The van der Waals surface area contributed by atoms with Crippen LogP contribution in [0.5, 0.6) is 0 Å². The second kappa shape index (κ2) is 5.63. The molecular formula is C15H18N2O. The lowest BCUT2D eigenvalue weighted by Crippen LogP contribution is -2.09. The molecule has 3 nitrogen and oxygen atoms in total. The molecule has 94 valence electrons. The Kier molecular flexibility index (Phi) is 3.92. The van der Waals surface area contributed by atoms with Gasteiger partial charge in [0.25, 0.3) is 0 Å². The van der Waals surface area contributed by atoms with Crippen molar-refractivity contribution in [3.05, 3.63) is 53.6 Å². The molecule has 0 amide bonds. The van der Waals surface area contributed by atoms with Gasteiger partial charge in [-0.15, -0.1) is 0 Å². The summed E-state index contributed by atoms with van der Waals surface area (Å²) in [6, 6.07) is 8.21. The standard InChI is InChI=1S/C15H18N2O/c1-12-5-3-4-6-13(12)7-8-14(18)11-15-16-9-10-17(15)2/h3-6,9-10H,7-8,11H2,1-2H3. The fourth-order valence-electron chi connectivity index (χ4n) is 2.00. The Morgan fingerprint density at radius 3 is 2.78 bits per heavy atom. The number of ketones is 1. The molecular weight excluding hydrogens is 224 g/mol. The number of imidazole rings is 1. The fraction of sp³-hybridized carbons (Fsp3) is 0.333. The largest absolute Gasteiger partial charge is 0.338 e. The van der Waals surface area contributed by atoms with Crippen LogP contribution < -0.4 is 0 Å². The van der Waals surface area contributed by atoms with Crippen molar-refractivity contribution < 1.29 is 4.79 Å². The van der Waals surface area contributed by atoms with Gasteiger partial charge < -0.3 is 4.57 Å². The maximum absolute atomic E-state index is 11.9. The van der Waals surface area contributed by atoms with E-state index < -0.39 is 0 Å². The number of hydrogen-bond donors (Lipinski definition) is 0. The number of nitrogens with zero attached hydrogens (tertiary/aromatic N) is 2. The number of carbonyl (C=O) groups is 1. The van der Waals surface area contributed by atoms with Gasteiger partial charge in [0.15, 0.2) is 0 Å². The number of carbonyl (C=O) groups excluding carboxylic acids is 1. The van der Waals surface area contributed by atoms with Gasteiger partial charge in [-0.3, -0.25) is 4.79 Å². The summed E-state index contributed by atoms with van der Waals surface area (Å²) in [5.41, 5.74) is 2.51. The van der Waals surface area contributed by atoms with Crippen LogP contribution in [0.3, 0.4) is 0 Å². The SMILES string of the molecule is Cc1ccccc1CCC(=O)Cc1nccn1C. The smallest absolute Gasteiger partial charge is 0.140 e. The Morgan fingerprint density at radius 1 is 1.33 bits per heavy atom. The van der Waals surface area contributed by atoms with Crippen LogP contribution in [0.4, 0.5) is 0 Å². The lowest BCUT2D eigenvalue weighted by molar-refractivity contribution is -0.118. The molecule has 0 atom stereocenters. The molecule has 1 heterocycles. The normalized spacial score (nSPS) is 10.6. The van der Waals surface area contributed by atoms with Crippen LogP contribution in [-0.4, -0.2) is 15.3 Å². The summed E-state index contributed by atoms with van der Waals surface area (Å²) in [6.07, 6.45) is 5.41. The van der Waals surface area contributed by atoms with Crippen molar-refractivity contribution >= 4 is 5.78 Å². The van der Waals surface area contributed by atoms with E-state index in [2.05, 4.69) is 24.0 Å². The van der Waals surface area contributed by atoms with Gasteiger partial charge in [0.05, 0.1) is 6.42 Å². The number of hydrogen-bond acceptors (Lipinski definition) is 2. The molecule has 3 heteroatoms. The lowest BCUT2D eigenvalue weighted by atomic mass is 10.0. The average molecular weight is 242 g/mol. The van der Waals surface area contributed by atoms with Crippen LogP contribution in [0.2, 0.25) is 0 Å². The minimum atomic E-state index is 0.243. The van der Waals surface area contributed by atoms with Crippen LogP contribution in [0.15, 0.2) is 36.7 Å². The Labute approximate surface area is 107 Å². The van der Waals surface area contributed by atoms with Crippen molar-refractivity contribution in [1.29, 1.82) is 0 Å². The van der Waals surface area contributed by atoms with Crippen molar-refractivity contribution in [3.63, 3.8) is 0 Å². The van der Waals surface area contributed by atoms with E-state index in [1.165, 1.54) is 11.1 Å². The Balaban J connectivity index is 1.90. The van der Waals surface area contributed by atoms with E-state index in [1.807, 2.05) is 29.9 Å². The average Bonchev–Trinajstić information content (AvgIpc) is 2.74. The van der Waals surface area contributed by atoms with E-state index in [-0.39, 0.29) is 5.78 Å². The summed E-state index contributed by atoms with van der Waals surface area (Å²) < 4.78 is 1.89. The first-order valence-corrected chi connectivity index (χ1v) is 6.19. The van der Waals surface area contributed by atoms with Crippen molar-refractivity contribution in [2.45, 2.75) is 26.2 Å². The summed E-state index contributed by atoms with van der Waals surface area (Å²) in [5.74, 6) is 1.08. The highest BCUT2D eigenvalue weighted by Gasteiger charge is 2.08. The zero-order chi connectivity index (χ0) is 13.0. The highest BCUT2D eigenvalue weighted by molar-refractivity contribution is 5.80. The van der Waals surface area contributed by atoms with Crippen molar-refractivity contribution in [2.75, 3.05) is 0 Å². The summed E-state index contributed by atoms with van der Waals surface area (Å²) in [6.45, 7) is 2.08. The molecule has 2 rings (SSSR count). The highest BCUT2D eigenvalue weighted by Crippen LogP contribution is 2.10.